The zero-order valence-electron chi connectivity index (χ0n) is 11.4. The SMILES string of the molecule is CC(C)C(CC(=O)O)NC(=O)COc1ccc(F)cc1. The summed E-state index contributed by atoms with van der Waals surface area (Å²) in [6, 6.07) is 4.85. The lowest BCUT2D eigenvalue weighted by atomic mass is 10.0. The molecule has 6 heteroatoms. The number of benzene rings is 1. The van der Waals surface area contributed by atoms with E-state index >= 15 is 0 Å². The maximum atomic E-state index is 12.7. The summed E-state index contributed by atoms with van der Waals surface area (Å²) < 4.78 is 17.9. The molecule has 5 nitrogen and oxygen atoms in total. The van der Waals surface area contributed by atoms with Gasteiger partial charge in [0.15, 0.2) is 6.61 Å². The van der Waals surface area contributed by atoms with E-state index in [-0.39, 0.29) is 24.8 Å². The van der Waals surface area contributed by atoms with Crippen molar-refractivity contribution in [1.29, 1.82) is 0 Å². The van der Waals surface area contributed by atoms with E-state index < -0.39 is 17.9 Å². The van der Waals surface area contributed by atoms with Crippen LogP contribution in [0.4, 0.5) is 4.39 Å². The fourth-order valence-electron chi connectivity index (χ4n) is 1.57. The van der Waals surface area contributed by atoms with Gasteiger partial charge in [0.05, 0.1) is 6.42 Å². The van der Waals surface area contributed by atoms with Crippen molar-refractivity contribution in [3.8, 4) is 5.75 Å². The highest BCUT2D eigenvalue weighted by Gasteiger charge is 2.19. The molecule has 0 radical (unpaired) electrons. The minimum Gasteiger partial charge on any atom is -0.484 e. The van der Waals surface area contributed by atoms with E-state index in [0.717, 1.165) is 0 Å². The summed E-state index contributed by atoms with van der Waals surface area (Å²) >= 11 is 0. The van der Waals surface area contributed by atoms with Crippen molar-refractivity contribution in [2.24, 2.45) is 5.92 Å². The molecule has 1 atom stereocenters. The Morgan fingerprint density at radius 3 is 2.40 bits per heavy atom. The lowest BCUT2D eigenvalue weighted by molar-refractivity contribution is -0.138. The number of amides is 1. The molecule has 0 saturated carbocycles. The first-order chi connectivity index (χ1) is 9.38. The first kappa shape index (κ1) is 15.9. The number of carbonyl (C=O) groups excluding carboxylic acids is 1. The van der Waals surface area contributed by atoms with Gasteiger partial charge in [-0.3, -0.25) is 9.59 Å². The van der Waals surface area contributed by atoms with Crippen molar-refractivity contribution in [2.75, 3.05) is 6.61 Å². The number of carboxylic acids is 1. The molecule has 1 unspecified atom stereocenters. The molecular formula is C14H18FNO4. The second-order valence-electron chi connectivity index (χ2n) is 4.76. The number of nitrogens with one attached hydrogen (secondary N) is 1. The van der Waals surface area contributed by atoms with Gasteiger partial charge >= 0.3 is 5.97 Å². The fourth-order valence-corrected chi connectivity index (χ4v) is 1.57. The first-order valence-corrected chi connectivity index (χ1v) is 6.28. The van der Waals surface area contributed by atoms with Crippen LogP contribution in [-0.2, 0) is 9.59 Å². The Labute approximate surface area is 116 Å². The molecule has 0 aliphatic rings. The molecule has 0 heterocycles. The zero-order valence-corrected chi connectivity index (χ0v) is 11.4. The molecule has 1 aromatic carbocycles. The van der Waals surface area contributed by atoms with E-state index in [9.17, 15) is 14.0 Å². The lowest BCUT2D eigenvalue weighted by Crippen LogP contribution is -2.42. The van der Waals surface area contributed by atoms with Gasteiger partial charge in [-0.25, -0.2) is 4.39 Å². The van der Waals surface area contributed by atoms with E-state index in [2.05, 4.69) is 5.32 Å². The van der Waals surface area contributed by atoms with Crippen molar-refractivity contribution in [2.45, 2.75) is 26.3 Å². The molecule has 0 fully saturated rings. The molecule has 0 bridgehead atoms. The fraction of sp³-hybridized carbons (Fsp3) is 0.429. The Hall–Kier alpha value is -2.11. The minimum atomic E-state index is -0.969. The monoisotopic (exact) mass is 283 g/mol. The third-order valence-corrected chi connectivity index (χ3v) is 2.73. The van der Waals surface area contributed by atoms with Crippen molar-refractivity contribution >= 4 is 11.9 Å². The predicted molar refractivity (Wildman–Crippen MR) is 70.9 cm³/mol. The van der Waals surface area contributed by atoms with Crippen molar-refractivity contribution in [3.63, 3.8) is 0 Å². The summed E-state index contributed by atoms with van der Waals surface area (Å²) in [4.78, 5) is 22.4. The van der Waals surface area contributed by atoms with Crippen LogP contribution in [0.1, 0.15) is 20.3 Å². The Balaban J connectivity index is 2.45. The second kappa shape index (κ2) is 7.47. The Kier molecular flexibility index (Phi) is 5.96. The van der Waals surface area contributed by atoms with E-state index in [1.807, 2.05) is 13.8 Å². The van der Waals surface area contributed by atoms with Gasteiger partial charge in [0.1, 0.15) is 11.6 Å². The number of carbonyl (C=O) groups is 2. The maximum absolute atomic E-state index is 12.7. The highest BCUT2D eigenvalue weighted by atomic mass is 19.1. The Morgan fingerprint density at radius 1 is 1.30 bits per heavy atom. The van der Waals surface area contributed by atoms with Crippen molar-refractivity contribution in [1.82, 2.24) is 5.32 Å². The largest absolute Gasteiger partial charge is 0.484 e. The van der Waals surface area contributed by atoms with Crippen molar-refractivity contribution < 1.29 is 23.8 Å². The highest BCUT2D eigenvalue weighted by Crippen LogP contribution is 2.11. The van der Waals surface area contributed by atoms with E-state index in [1.165, 1.54) is 24.3 Å². The number of carboxylic acid groups (broad SMARTS) is 1. The molecular weight excluding hydrogens is 265 g/mol. The van der Waals surface area contributed by atoms with Gasteiger partial charge in [0, 0.05) is 6.04 Å². The normalized spacial score (nSPS) is 12.0. The zero-order chi connectivity index (χ0) is 15.1. The van der Waals surface area contributed by atoms with Gasteiger partial charge < -0.3 is 15.2 Å². The van der Waals surface area contributed by atoms with Crippen molar-refractivity contribution in [3.05, 3.63) is 30.1 Å². The Bertz CT molecular complexity index is 459. The van der Waals surface area contributed by atoms with Gasteiger partial charge in [-0.2, -0.15) is 0 Å². The van der Waals surface area contributed by atoms with Gasteiger partial charge in [0.2, 0.25) is 0 Å². The van der Waals surface area contributed by atoms with E-state index in [0.29, 0.717) is 5.75 Å². The van der Waals surface area contributed by atoms with Crippen LogP contribution in [0.15, 0.2) is 24.3 Å². The molecule has 0 aromatic heterocycles. The van der Waals surface area contributed by atoms with Gasteiger partial charge in [-0.1, -0.05) is 13.8 Å². The topological polar surface area (TPSA) is 75.6 Å². The van der Waals surface area contributed by atoms with Gasteiger partial charge in [0.25, 0.3) is 5.91 Å². The summed E-state index contributed by atoms with van der Waals surface area (Å²) in [5.74, 6) is -1.39. The van der Waals surface area contributed by atoms with Crippen LogP contribution in [0.5, 0.6) is 5.75 Å². The quantitative estimate of drug-likeness (QED) is 0.800. The average Bonchev–Trinajstić information content (AvgIpc) is 2.36. The molecule has 1 rings (SSSR count). The van der Waals surface area contributed by atoms with Crippen LogP contribution in [0.3, 0.4) is 0 Å². The Morgan fingerprint density at radius 2 is 1.90 bits per heavy atom. The average molecular weight is 283 g/mol. The van der Waals surface area contributed by atoms with Gasteiger partial charge in [-0.05, 0) is 30.2 Å². The summed E-state index contributed by atoms with van der Waals surface area (Å²) in [5, 5.41) is 11.4. The summed E-state index contributed by atoms with van der Waals surface area (Å²) in [7, 11) is 0. The van der Waals surface area contributed by atoms with Crippen LogP contribution < -0.4 is 10.1 Å². The van der Waals surface area contributed by atoms with Crippen LogP contribution in [0, 0.1) is 11.7 Å². The third kappa shape index (κ3) is 5.69. The van der Waals surface area contributed by atoms with E-state index in [1.54, 1.807) is 0 Å². The molecule has 2 N–H and O–H groups in total. The maximum Gasteiger partial charge on any atom is 0.305 e. The third-order valence-electron chi connectivity index (χ3n) is 2.73. The molecule has 0 aliphatic carbocycles. The van der Waals surface area contributed by atoms with Crippen LogP contribution >= 0.6 is 0 Å². The number of ether oxygens (including phenoxy) is 1. The predicted octanol–water partition coefficient (Wildman–Crippen LogP) is 1.82. The number of hydrogen-bond donors (Lipinski definition) is 2. The minimum absolute atomic E-state index is 0.000807. The molecule has 20 heavy (non-hydrogen) atoms. The molecule has 1 aromatic rings. The summed E-state index contributed by atoms with van der Waals surface area (Å²) in [6.45, 7) is 3.41. The summed E-state index contributed by atoms with van der Waals surface area (Å²) in [5.41, 5.74) is 0. The number of hydrogen-bond acceptors (Lipinski definition) is 3. The van der Waals surface area contributed by atoms with Crippen LogP contribution in [0.25, 0.3) is 0 Å². The molecule has 0 spiro atoms. The highest BCUT2D eigenvalue weighted by molar-refractivity contribution is 5.78. The lowest BCUT2D eigenvalue weighted by Gasteiger charge is -2.20. The number of halogens is 1. The molecule has 1 amide bonds. The van der Waals surface area contributed by atoms with Crippen LogP contribution in [-0.4, -0.2) is 29.6 Å². The number of rotatable bonds is 7. The number of aliphatic carboxylic acids is 1. The van der Waals surface area contributed by atoms with E-state index in [4.69, 9.17) is 9.84 Å². The van der Waals surface area contributed by atoms with Gasteiger partial charge in [-0.15, -0.1) is 0 Å². The molecule has 0 saturated heterocycles. The first-order valence-electron chi connectivity index (χ1n) is 6.28. The standard InChI is InChI=1S/C14H18FNO4/c1-9(2)12(7-14(18)19)16-13(17)8-20-11-5-3-10(15)4-6-11/h3-6,9,12H,7-8H2,1-2H3,(H,16,17)(H,18,19). The summed E-state index contributed by atoms with van der Waals surface area (Å²) in [6.07, 6.45) is -0.139. The molecule has 110 valence electrons. The smallest absolute Gasteiger partial charge is 0.305 e. The molecule has 0 aliphatic heterocycles. The second-order valence-corrected chi connectivity index (χ2v) is 4.76. The van der Waals surface area contributed by atoms with Crippen LogP contribution in [0.2, 0.25) is 0 Å².